The Morgan fingerprint density at radius 3 is 2.56 bits per heavy atom. The van der Waals surface area contributed by atoms with Crippen LogP contribution in [0, 0.1) is 17.8 Å². The summed E-state index contributed by atoms with van der Waals surface area (Å²) in [5.74, 6) is -0.976. The average molecular weight is 681 g/mol. The van der Waals surface area contributed by atoms with Crippen molar-refractivity contribution in [3.8, 4) is 5.75 Å². The van der Waals surface area contributed by atoms with Gasteiger partial charge in [0.25, 0.3) is 5.91 Å². The predicted octanol–water partition coefficient (Wildman–Crippen LogP) is 5.13. The Balaban J connectivity index is 1.57. The third-order valence-electron chi connectivity index (χ3n) is 10.1. The molecule has 5 rings (SSSR count). The Hall–Kier alpha value is -2.34. The first-order valence-corrected chi connectivity index (χ1v) is 19.9. The summed E-state index contributed by atoms with van der Waals surface area (Å²) in [6, 6.07) is 10.8. The minimum Gasteiger partial charge on any atom is -0.487 e. The number of carbonyl (C=O) groups is 1. The summed E-state index contributed by atoms with van der Waals surface area (Å²) in [7, 11) is -7.51. The molecule has 0 spiro atoms. The molecule has 5 atom stereocenters. The molecule has 1 aliphatic carbocycles. The van der Waals surface area contributed by atoms with Gasteiger partial charge in [0.2, 0.25) is 10.0 Å². The number of halogens is 1. The molecule has 45 heavy (non-hydrogen) atoms. The number of hydrogen-bond acceptors (Lipinski definition) is 8. The molecule has 2 heterocycles. The van der Waals surface area contributed by atoms with Crippen LogP contribution in [0.2, 0.25) is 5.02 Å². The second-order valence-electron chi connectivity index (χ2n) is 13.5. The van der Waals surface area contributed by atoms with Crippen LogP contribution < -0.4 is 14.4 Å². The molecule has 2 bridgehead atoms. The molecule has 0 unspecified atom stereocenters. The summed E-state index contributed by atoms with van der Waals surface area (Å²) < 4.78 is 60.3. The number of anilines is 1. The van der Waals surface area contributed by atoms with E-state index in [1.807, 2.05) is 18.2 Å². The molecule has 1 amide bonds. The van der Waals surface area contributed by atoms with Crippen molar-refractivity contribution in [1.29, 1.82) is 0 Å². The van der Waals surface area contributed by atoms with Gasteiger partial charge in [-0.2, -0.15) is 0 Å². The van der Waals surface area contributed by atoms with Crippen LogP contribution in [-0.4, -0.2) is 63.8 Å². The van der Waals surface area contributed by atoms with Gasteiger partial charge in [-0.1, -0.05) is 31.0 Å². The van der Waals surface area contributed by atoms with Crippen molar-refractivity contribution in [3.63, 3.8) is 0 Å². The highest BCUT2D eigenvalue weighted by atomic mass is 35.5. The Morgan fingerprint density at radius 2 is 1.84 bits per heavy atom. The second-order valence-corrected chi connectivity index (χ2v) is 18.1. The molecular formula is C33H45ClN2O7S2. The van der Waals surface area contributed by atoms with Crippen molar-refractivity contribution in [1.82, 2.24) is 4.72 Å². The Bertz CT molecular complexity index is 1630. The molecule has 0 radical (unpaired) electrons. The smallest absolute Gasteiger partial charge is 0.264 e. The fourth-order valence-electron chi connectivity index (χ4n) is 7.23. The largest absolute Gasteiger partial charge is 0.487 e. The van der Waals surface area contributed by atoms with Crippen molar-refractivity contribution in [3.05, 3.63) is 58.1 Å². The maximum Gasteiger partial charge on any atom is 0.264 e. The van der Waals surface area contributed by atoms with Gasteiger partial charge in [0.1, 0.15) is 22.2 Å². The van der Waals surface area contributed by atoms with Crippen LogP contribution in [0.1, 0.15) is 80.3 Å². The van der Waals surface area contributed by atoms with Crippen molar-refractivity contribution in [2.75, 3.05) is 30.0 Å². The first-order chi connectivity index (χ1) is 21.1. The Labute approximate surface area is 272 Å². The Kier molecular flexibility index (Phi) is 10.1. The lowest BCUT2D eigenvalue weighted by Crippen LogP contribution is -2.54. The summed E-state index contributed by atoms with van der Waals surface area (Å²) in [6.45, 7) is 4.86. The number of aryl methyl sites for hydroxylation is 1. The number of sulfone groups is 1. The number of carbonyl (C=O) groups excluding carboxylic acids is 1. The van der Waals surface area contributed by atoms with E-state index in [1.54, 1.807) is 32.0 Å². The van der Waals surface area contributed by atoms with E-state index >= 15 is 0 Å². The lowest BCUT2D eigenvalue weighted by atomic mass is 9.63. The highest BCUT2D eigenvalue weighted by Crippen LogP contribution is 2.46. The molecule has 1 saturated carbocycles. The number of amides is 1. The molecule has 248 valence electrons. The van der Waals surface area contributed by atoms with Gasteiger partial charge in [-0.15, -0.1) is 0 Å². The number of sulfonamides is 1. The summed E-state index contributed by atoms with van der Waals surface area (Å²) in [6.07, 6.45) is 6.46. The van der Waals surface area contributed by atoms with Crippen LogP contribution in [0.5, 0.6) is 5.75 Å². The highest BCUT2D eigenvalue weighted by Gasteiger charge is 2.48. The molecular weight excluding hydrogens is 636 g/mol. The van der Waals surface area contributed by atoms with Crippen LogP contribution in [0.4, 0.5) is 5.69 Å². The standard InChI is InChI=1S/C33H45ClN2O7S2/c1-22-7-6-15-33(38,21-44(3,39)40)29-13-10-26(29)19-36-16-5-4-8-24-17-28(34)12-9-27(24)20-43-31-14-11-25(18-30(31)36)32(37)35-45(41,42)23(22)2/h9,11-12,14,17-18,22-23,26,29,38H,4-8,10,13,15-16,19-21H2,1-3H3,(H,35,37)/t22-,23+,26-,29+,33+/m0/s1. The van der Waals surface area contributed by atoms with Crippen molar-refractivity contribution < 1.29 is 31.5 Å². The van der Waals surface area contributed by atoms with E-state index in [0.29, 0.717) is 55.4 Å². The molecule has 2 N–H and O–H groups in total. The van der Waals surface area contributed by atoms with Gasteiger partial charge < -0.3 is 14.7 Å². The molecule has 1 fully saturated rings. The number of benzene rings is 2. The van der Waals surface area contributed by atoms with Crippen molar-refractivity contribution in [2.24, 2.45) is 17.8 Å². The van der Waals surface area contributed by atoms with Gasteiger partial charge in [0.05, 0.1) is 22.3 Å². The van der Waals surface area contributed by atoms with Crippen molar-refractivity contribution in [2.45, 2.75) is 82.7 Å². The van der Waals surface area contributed by atoms with E-state index in [2.05, 4.69) is 9.62 Å². The van der Waals surface area contributed by atoms with Gasteiger partial charge in [-0.25, -0.2) is 21.6 Å². The third-order valence-corrected chi connectivity index (χ3v) is 13.3. The fraction of sp³-hybridized carbons (Fsp3) is 0.606. The molecule has 2 aromatic rings. The number of aliphatic hydroxyl groups is 1. The fourth-order valence-corrected chi connectivity index (χ4v) is 10.00. The lowest BCUT2D eigenvalue weighted by Gasteiger charge is -2.49. The van der Waals surface area contributed by atoms with E-state index < -0.39 is 36.6 Å². The van der Waals surface area contributed by atoms with E-state index in [-0.39, 0.29) is 35.5 Å². The first-order valence-electron chi connectivity index (χ1n) is 15.9. The number of nitrogens with zero attached hydrogens (tertiary/aromatic N) is 1. The zero-order valence-electron chi connectivity index (χ0n) is 26.3. The minimum atomic E-state index is -4.02. The summed E-state index contributed by atoms with van der Waals surface area (Å²) in [5.41, 5.74) is 1.61. The number of rotatable bonds is 2. The lowest BCUT2D eigenvalue weighted by molar-refractivity contribution is -0.0717. The summed E-state index contributed by atoms with van der Waals surface area (Å²) in [4.78, 5) is 15.5. The normalized spacial score (nSPS) is 29.5. The molecule has 2 aromatic carbocycles. The van der Waals surface area contributed by atoms with Gasteiger partial charge >= 0.3 is 0 Å². The number of nitrogens with one attached hydrogen (secondary N) is 1. The Morgan fingerprint density at radius 1 is 1.07 bits per heavy atom. The molecule has 9 nitrogen and oxygen atoms in total. The van der Waals surface area contributed by atoms with E-state index in [4.69, 9.17) is 16.3 Å². The predicted molar refractivity (Wildman–Crippen MR) is 177 cm³/mol. The SMILES string of the molecule is C[C@@H]1[C@@H](C)CCC[C@@](O)(CS(C)(=O)=O)[C@@H]2CC[C@H]2CN2CCCCc3cc(Cl)ccc3COc3ccc(cc32)C(=O)NS1(=O)=O. The summed E-state index contributed by atoms with van der Waals surface area (Å²) in [5, 5.41) is 11.8. The molecule has 12 heteroatoms. The average Bonchev–Trinajstić information content (AvgIpc) is 2.96. The van der Waals surface area contributed by atoms with E-state index in [0.717, 1.165) is 43.1 Å². The van der Waals surface area contributed by atoms with E-state index in [9.17, 15) is 26.7 Å². The van der Waals surface area contributed by atoms with Gasteiger partial charge in [-0.3, -0.25) is 4.79 Å². The minimum absolute atomic E-state index is 0.0350. The van der Waals surface area contributed by atoms with Crippen LogP contribution in [-0.2, 0) is 32.9 Å². The highest BCUT2D eigenvalue weighted by molar-refractivity contribution is 7.91. The second kappa shape index (κ2) is 13.4. The summed E-state index contributed by atoms with van der Waals surface area (Å²) >= 11 is 6.31. The maximum atomic E-state index is 13.4. The van der Waals surface area contributed by atoms with Gasteiger partial charge in [0, 0.05) is 29.9 Å². The first kappa shape index (κ1) is 34.0. The van der Waals surface area contributed by atoms with Crippen LogP contribution >= 0.6 is 11.6 Å². The topological polar surface area (TPSA) is 130 Å². The number of hydrogen-bond donors (Lipinski definition) is 2. The van der Waals surface area contributed by atoms with Crippen LogP contribution in [0.3, 0.4) is 0 Å². The molecule has 0 saturated heterocycles. The van der Waals surface area contributed by atoms with Gasteiger partial charge in [0.15, 0.2) is 0 Å². The zero-order valence-corrected chi connectivity index (χ0v) is 28.7. The maximum absolute atomic E-state index is 13.4. The van der Waals surface area contributed by atoms with Gasteiger partial charge in [-0.05, 0) is 111 Å². The third kappa shape index (κ3) is 7.97. The number of ether oxygens (including phenoxy) is 1. The monoisotopic (exact) mass is 680 g/mol. The van der Waals surface area contributed by atoms with Crippen LogP contribution in [0.25, 0.3) is 0 Å². The molecule has 2 aliphatic heterocycles. The van der Waals surface area contributed by atoms with Crippen molar-refractivity contribution >= 4 is 43.1 Å². The van der Waals surface area contributed by atoms with E-state index in [1.165, 1.54) is 0 Å². The zero-order chi connectivity index (χ0) is 32.6. The number of fused-ring (bicyclic) bond motifs is 3. The molecule has 0 aromatic heterocycles. The quantitative estimate of drug-likeness (QED) is 0.447. The van der Waals surface area contributed by atoms with Crippen LogP contribution in [0.15, 0.2) is 36.4 Å². The molecule has 3 aliphatic rings.